The molecule has 3 aliphatic rings. The fourth-order valence-electron chi connectivity index (χ4n) is 5.72. The summed E-state index contributed by atoms with van der Waals surface area (Å²) in [4.78, 5) is 13.4. The maximum atomic E-state index is 12.9. The summed E-state index contributed by atoms with van der Waals surface area (Å²) in [6.07, 6.45) is 4.80. The van der Waals surface area contributed by atoms with E-state index in [1.165, 1.54) is 32.1 Å². The highest BCUT2D eigenvalue weighted by atomic mass is 28.4. The number of rotatable bonds is 2. The predicted octanol–water partition coefficient (Wildman–Crippen LogP) is 3.81. The van der Waals surface area contributed by atoms with Gasteiger partial charge in [-0.25, -0.2) is 4.79 Å². The Balaban J connectivity index is 1.90. The van der Waals surface area contributed by atoms with Crippen LogP contribution in [0.1, 0.15) is 32.1 Å². The molecule has 0 spiro atoms. The van der Waals surface area contributed by atoms with Gasteiger partial charge in [-0.3, -0.25) is 0 Å². The van der Waals surface area contributed by atoms with Crippen LogP contribution in [0.4, 0.5) is 9.18 Å². The second-order valence-electron chi connectivity index (χ2n) is 7.50. The van der Waals surface area contributed by atoms with E-state index in [0.717, 1.165) is 12.5 Å². The molecule has 0 amide bonds. The van der Waals surface area contributed by atoms with Gasteiger partial charge in [0.05, 0.1) is 0 Å². The van der Waals surface area contributed by atoms with Gasteiger partial charge in [-0.05, 0) is 69.2 Å². The molecule has 3 rings (SSSR count). The lowest BCUT2D eigenvalue weighted by molar-refractivity contribution is 0.162. The van der Waals surface area contributed by atoms with Crippen molar-refractivity contribution in [1.82, 2.24) is 4.90 Å². The van der Waals surface area contributed by atoms with Gasteiger partial charge in [0, 0.05) is 6.04 Å². The molecule has 1 aliphatic heterocycles. The number of likely N-dealkylation sites (tertiary alicyclic amines) is 1. The van der Waals surface area contributed by atoms with Crippen molar-refractivity contribution >= 4 is 14.5 Å². The van der Waals surface area contributed by atoms with E-state index < -0.39 is 14.5 Å². The second-order valence-corrected chi connectivity index (χ2v) is 11.6. The summed E-state index contributed by atoms with van der Waals surface area (Å²) in [6, 6.07) is 0.649. The summed E-state index contributed by atoms with van der Waals surface area (Å²) in [5.74, 6) is 2.02. The van der Waals surface area contributed by atoms with Crippen molar-refractivity contribution in [3.63, 3.8) is 0 Å². The Bertz CT molecular complexity index is 399. The van der Waals surface area contributed by atoms with Crippen LogP contribution in [0.25, 0.3) is 0 Å². The lowest BCUT2D eigenvalue weighted by Gasteiger charge is -2.38. The van der Waals surface area contributed by atoms with Crippen molar-refractivity contribution in [2.45, 2.75) is 56.8 Å². The normalized spacial score (nSPS) is 41.3. The molecule has 5 atom stereocenters. The highest BCUT2D eigenvalue weighted by Gasteiger charge is 2.60. The maximum absolute atomic E-state index is 12.9. The quantitative estimate of drug-likeness (QED) is 0.573. The Labute approximate surface area is 122 Å². The molecular weight excluding hydrogens is 273 g/mol. The Morgan fingerprint density at radius 2 is 1.80 bits per heavy atom. The molecule has 0 bridgehead atoms. The molecule has 0 radical (unpaired) electrons. The first-order valence-electron chi connectivity index (χ1n) is 8.00. The summed E-state index contributed by atoms with van der Waals surface area (Å²) in [7, 11) is -0.0776. The number of nitrogens with zero attached hydrogens (tertiary/aromatic N) is 1. The van der Waals surface area contributed by atoms with Crippen LogP contribution in [0.5, 0.6) is 0 Å². The highest BCUT2D eigenvalue weighted by molar-refractivity contribution is 6.74. The molecule has 0 aromatic rings. The van der Waals surface area contributed by atoms with Gasteiger partial charge in [-0.15, -0.1) is 4.39 Å². The molecular formula is C15H26FNO2Si. The van der Waals surface area contributed by atoms with Gasteiger partial charge >= 0.3 is 6.22 Å². The second kappa shape index (κ2) is 5.09. The molecule has 0 N–H and O–H groups in total. The van der Waals surface area contributed by atoms with Gasteiger partial charge in [0.25, 0.3) is 8.32 Å². The van der Waals surface area contributed by atoms with E-state index in [1.54, 1.807) is 0 Å². The number of hydrogen-bond donors (Lipinski definition) is 0. The van der Waals surface area contributed by atoms with Gasteiger partial charge in [-0.1, -0.05) is 12.8 Å². The van der Waals surface area contributed by atoms with Crippen LogP contribution in [0, 0.1) is 17.8 Å². The van der Waals surface area contributed by atoms with Crippen LogP contribution < -0.4 is 0 Å². The summed E-state index contributed by atoms with van der Waals surface area (Å²) in [5, 5.41) is 0. The van der Waals surface area contributed by atoms with Gasteiger partial charge < -0.3 is 9.33 Å². The maximum Gasteiger partial charge on any atom is 0.481 e. The standard InChI is InChI=1S/C15H26FNO2Si/c1-17-9-8-12-13(17)10-6-4-5-7-11(10)14(12)20(2,3)19-15(16)18/h10-14H,4-9H2,1-3H3. The largest absolute Gasteiger partial charge is 0.495 e. The first-order valence-corrected chi connectivity index (χ1v) is 11.0. The highest BCUT2D eigenvalue weighted by Crippen LogP contribution is 2.60. The molecule has 0 aromatic heterocycles. The van der Waals surface area contributed by atoms with E-state index in [9.17, 15) is 9.18 Å². The zero-order chi connectivity index (χ0) is 14.5. The molecule has 20 heavy (non-hydrogen) atoms. The third-order valence-corrected chi connectivity index (χ3v) is 9.29. The van der Waals surface area contributed by atoms with Gasteiger partial charge in [-0.2, -0.15) is 0 Å². The lowest BCUT2D eigenvalue weighted by Crippen LogP contribution is -2.43. The van der Waals surface area contributed by atoms with Crippen molar-refractivity contribution < 1.29 is 13.6 Å². The minimum absolute atomic E-state index is 0.447. The Morgan fingerprint density at radius 1 is 1.15 bits per heavy atom. The zero-order valence-corrected chi connectivity index (χ0v) is 13.8. The summed E-state index contributed by atoms with van der Waals surface area (Å²) >= 11 is 0. The molecule has 3 fully saturated rings. The molecule has 1 saturated heterocycles. The smallest absolute Gasteiger partial charge is 0.481 e. The topological polar surface area (TPSA) is 29.5 Å². The zero-order valence-electron chi connectivity index (χ0n) is 12.8. The molecule has 1 heterocycles. The Kier molecular flexibility index (Phi) is 3.69. The number of hydrogen-bond acceptors (Lipinski definition) is 3. The molecule has 5 heteroatoms. The van der Waals surface area contributed by atoms with Gasteiger partial charge in [0.15, 0.2) is 0 Å². The molecule has 3 nitrogen and oxygen atoms in total. The van der Waals surface area contributed by atoms with Crippen LogP contribution in [0.3, 0.4) is 0 Å². The van der Waals surface area contributed by atoms with Crippen LogP contribution in [-0.4, -0.2) is 39.1 Å². The summed E-state index contributed by atoms with van der Waals surface area (Å²) in [6.45, 7) is 5.23. The Morgan fingerprint density at radius 3 is 2.45 bits per heavy atom. The summed E-state index contributed by atoms with van der Waals surface area (Å²) < 4.78 is 18.1. The van der Waals surface area contributed by atoms with Crippen LogP contribution in [0.15, 0.2) is 0 Å². The number of carbonyl (C=O) groups is 1. The van der Waals surface area contributed by atoms with Crippen molar-refractivity contribution in [1.29, 1.82) is 0 Å². The summed E-state index contributed by atoms with van der Waals surface area (Å²) in [5.41, 5.74) is 0.447. The third-order valence-electron chi connectivity index (χ3n) is 6.14. The van der Waals surface area contributed by atoms with Gasteiger partial charge in [0.1, 0.15) is 0 Å². The minimum Gasteiger partial charge on any atom is -0.495 e. The van der Waals surface area contributed by atoms with Gasteiger partial charge in [0.2, 0.25) is 0 Å². The number of halogens is 1. The van der Waals surface area contributed by atoms with Crippen LogP contribution in [0.2, 0.25) is 18.6 Å². The lowest BCUT2D eigenvalue weighted by atomic mass is 9.80. The van der Waals surface area contributed by atoms with E-state index >= 15 is 0 Å². The first kappa shape index (κ1) is 14.5. The van der Waals surface area contributed by atoms with Crippen LogP contribution in [-0.2, 0) is 4.43 Å². The Hall–Kier alpha value is -0.423. The van der Waals surface area contributed by atoms with E-state index in [2.05, 4.69) is 11.9 Å². The molecule has 0 aromatic carbocycles. The van der Waals surface area contributed by atoms with Crippen molar-refractivity contribution in [3.05, 3.63) is 0 Å². The monoisotopic (exact) mass is 299 g/mol. The van der Waals surface area contributed by atoms with E-state index in [4.69, 9.17) is 4.43 Å². The fourth-order valence-corrected chi connectivity index (χ4v) is 9.11. The predicted molar refractivity (Wildman–Crippen MR) is 78.8 cm³/mol. The van der Waals surface area contributed by atoms with E-state index in [-0.39, 0.29) is 0 Å². The van der Waals surface area contributed by atoms with Crippen molar-refractivity contribution in [2.24, 2.45) is 17.8 Å². The first-order chi connectivity index (χ1) is 9.42. The number of carbonyl (C=O) groups excluding carboxylic acids is 1. The van der Waals surface area contributed by atoms with Crippen molar-refractivity contribution in [3.8, 4) is 0 Å². The average molecular weight is 299 g/mol. The minimum atomic E-state index is -2.31. The van der Waals surface area contributed by atoms with Crippen molar-refractivity contribution in [2.75, 3.05) is 13.6 Å². The van der Waals surface area contributed by atoms with E-state index in [1.807, 2.05) is 13.1 Å². The molecule has 114 valence electrons. The fraction of sp³-hybridized carbons (Fsp3) is 0.933. The van der Waals surface area contributed by atoms with Crippen LogP contribution >= 0.6 is 0 Å². The molecule has 2 aliphatic carbocycles. The molecule has 5 unspecified atom stereocenters. The molecule has 2 saturated carbocycles. The SMILES string of the molecule is CN1CCC2C1C1CCCCC1C2[Si](C)(C)OC(=O)F. The number of fused-ring (bicyclic) bond motifs is 3. The van der Waals surface area contributed by atoms with E-state index in [0.29, 0.717) is 23.4 Å². The average Bonchev–Trinajstić information content (AvgIpc) is 2.86. The third kappa shape index (κ3) is 2.23.